The molecule has 1 fully saturated rings. The first-order chi connectivity index (χ1) is 9.98. The van der Waals surface area contributed by atoms with Crippen LogP contribution in [0.1, 0.15) is 30.3 Å². The number of rotatable bonds is 4. The second-order valence-corrected chi connectivity index (χ2v) is 6.42. The molecule has 1 atom stereocenters. The predicted octanol–water partition coefficient (Wildman–Crippen LogP) is 2.72. The van der Waals surface area contributed by atoms with Crippen molar-refractivity contribution in [2.45, 2.75) is 25.3 Å². The lowest BCUT2D eigenvalue weighted by atomic mass is 9.97. The van der Waals surface area contributed by atoms with E-state index in [1.165, 1.54) is 0 Å². The van der Waals surface area contributed by atoms with Crippen molar-refractivity contribution in [2.24, 2.45) is 13.0 Å². The number of aliphatic hydroxyl groups is 1. The monoisotopic (exact) mass is 306 g/mol. The van der Waals surface area contributed by atoms with E-state index in [9.17, 15) is 9.90 Å². The van der Waals surface area contributed by atoms with E-state index in [2.05, 4.69) is 5.32 Å². The summed E-state index contributed by atoms with van der Waals surface area (Å²) >= 11 is 6.38. The minimum atomic E-state index is -0.573. The first-order valence-electron chi connectivity index (χ1n) is 7.14. The summed E-state index contributed by atoms with van der Waals surface area (Å²) in [7, 11) is 1.83. The van der Waals surface area contributed by atoms with E-state index in [4.69, 9.17) is 11.6 Å². The Morgan fingerprint density at radius 1 is 1.48 bits per heavy atom. The summed E-state index contributed by atoms with van der Waals surface area (Å²) < 4.78 is 1.80. The number of benzene rings is 1. The van der Waals surface area contributed by atoms with Crippen LogP contribution in [-0.2, 0) is 7.05 Å². The molecule has 1 amide bonds. The van der Waals surface area contributed by atoms with Crippen molar-refractivity contribution in [3.63, 3.8) is 0 Å². The minimum absolute atomic E-state index is 0.0645. The third kappa shape index (κ3) is 2.32. The molecule has 5 heteroatoms. The van der Waals surface area contributed by atoms with Crippen LogP contribution in [0.5, 0.6) is 0 Å². The highest BCUT2D eigenvalue weighted by atomic mass is 35.5. The highest BCUT2D eigenvalue weighted by Gasteiger charge is 2.42. The molecule has 0 spiro atoms. The Balaban J connectivity index is 1.98. The van der Waals surface area contributed by atoms with Crippen molar-refractivity contribution >= 4 is 28.4 Å². The second-order valence-electron chi connectivity index (χ2n) is 6.04. The normalized spacial score (nSPS) is 17.7. The maximum Gasteiger partial charge on any atom is 0.270 e. The number of para-hydroxylation sites is 1. The highest BCUT2D eigenvalue weighted by Crippen LogP contribution is 2.40. The predicted molar refractivity (Wildman–Crippen MR) is 83.6 cm³/mol. The van der Waals surface area contributed by atoms with E-state index in [0.29, 0.717) is 16.6 Å². The van der Waals surface area contributed by atoms with Gasteiger partial charge in [0, 0.05) is 18.0 Å². The number of hydrogen-bond acceptors (Lipinski definition) is 2. The molecule has 4 nitrogen and oxygen atoms in total. The van der Waals surface area contributed by atoms with Gasteiger partial charge in [-0.1, -0.05) is 29.8 Å². The van der Waals surface area contributed by atoms with E-state index in [1.807, 2.05) is 38.2 Å². The Morgan fingerprint density at radius 3 is 2.71 bits per heavy atom. The number of amides is 1. The lowest BCUT2D eigenvalue weighted by Crippen LogP contribution is -2.51. The minimum Gasteiger partial charge on any atom is -0.394 e. The van der Waals surface area contributed by atoms with Crippen LogP contribution in [0.25, 0.3) is 10.9 Å². The molecule has 21 heavy (non-hydrogen) atoms. The van der Waals surface area contributed by atoms with Gasteiger partial charge in [0.25, 0.3) is 5.91 Å². The zero-order valence-electron chi connectivity index (χ0n) is 12.2. The van der Waals surface area contributed by atoms with Gasteiger partial charge in [-0.25, -0.2) is 0 Å². The Morgan fingerprint density at radius 2 is 2.14 bits per heavy atom. The van der Waals surface area contributed by atoms with Crippen molar-refractivity contribution in [3.8, 4) is 0 Å². The first-order valence-corrected chi connectivity index (χ1v) is 7.52. The third-order valence-corrected chi connectivity index (χ3v) is 4.85. The van der Waals surface area contributed by atoms with Crippen LogP contribution in [0.4, 0.5) is 0 Å². The molecular weight excluding hydrogens is 288 g/mol. The SMILES string of the molecule is Cn1c(C(=O)NC(C)(CO)C2CC2)c(Cl)c2ccccc21. The van der Waals surface area contributed by atoms with Gasteiger partial charge in [-0.05, 0) is 31.7 Å². The van der Waals surface area contributed by atoms with Crippen LogP contribution in [-0.4, -0.2) is 27.7 Å². The Labute approximate surface area is 128 Å². The number of fused-ring (bicyclic) bond motifs is 1. The molecule has 1 unspecified atom stereocenters. The Bertz CT molecular complexity index is 667. The quantitative estimate of drug-likeness (QED) is 0.912. The molecule has 2 N–H and O–H groups in total. The summed E-state index contributed by atoms with van der Waals surface area (Å²) in [6.07, 6.45) is 2.08. The number of aliphatic hydroxyl groups excluding tert-OH is 1. The van der Waals surface area contributed by atoms with Crippen LogP contribution in [0.15, 0.2) is 24.3 Å². The van der Waals surface area contributed by atoms with Gasteiger partial charge in [-0.3, -0.25) is 4.79 Å². The van der Waals surface area contributed by atoms with E-state index >= 15 is 0 Å². The first kappa shape index (κ1) is 14.4. The van der Waals surface area contributed by atoms with Crippen molar-refractivity contribution < 1.29 is 9.90 Å². The summed E-state index contributed by atoms with van der Waals surface area (Å²) in [5.74, 6) is 0.113. The Kier molecular flexibility index (Phi) is 3.46. The summed E-state index contributed by atoms with van der Waals surface area (Å²) in [6, 6.07) is 7.66. The van der Waals surface area contributed by atoms with E-state index in [-0.39, 0.29) is 12.5 Å². The molecule has 1 saturated carbocycles. The fourth-order valence-corrected chi connectivity index (χ4v) is 3.28. The van der Waals surface area contributed by atoms with Crippen molar-refractivity contribution in [2.75, 3.05) is 6.61 Å². The molecule has 1 aliphatic rings. The van der Waals surface area contributed by atoms with E-state index < -0.39 is 5.54 Å². The maximum atomic E-state index is 12.6. The summed E-state index contributed by atoms with van der Waals surface area (Å²) in [5.41, 5.74) is 0.791. The molecule has 0 aliphatic heterocycles. The molecule has 1 heterocycles. The number of nitrogens with zero attached hydrogens (tertiary/aromatic N) is 1. The second kappa shape index (κ2) is 5.04. The van der Waals surface area contributed by atoms with Gasteiger partial charge in [0.1, 0.15) is 5.69 Å². The molecule has 0 bridgehead atoms. The number of carbonyl (C=O) groups excluding carboxylic acids is 1. The van der Waals surface area contributed by atoms with Gasteiger partial charge in [0.2, 0.25) is 0 Å². The van der Waals surface area contributed by atoms with Crippen LogP contribution in [0, 0.1) is 5.92 Å². The average Bonchev–Trinajstić information content (AvgIpc) is 3.29. The van der Waals surface area contributed by atoms with Gasteiger partial charge in [-0.2, -0.15) is 0 Å². The van der Waals surface area contributed by atoms with Gasteiger partial charge in [0.05, 0.1) is 17.2 Å². The van der Waals surface area contributed by atoms with Crippen molar-refractivity contribution in [1.29, 1.82) is 0 Å². The number of nitrogens with one attached hydrogen (secondary N) is 1. The lowest BCUT2D eigenvalue weighted by Gasteiger charge is -2.28. The molecule has 0 radical (unpaired) electrons. The third-order valence-electron chi connectivity index (χ3n) is 4.47. The van der Waals surface area contributed by atoms with Gasteiger partial charge < -0.3 is 15.0 Å². The molecular formula is C16H19ClN2O2. The standard InChI is InChI=1S/C16H19ClN2O2/c1-16(9-20,10-7-8-10)18-15(21)14-13(17)11-5-3-4-6-12(11)19(14)2/h3-6,10,20H,7-9H2,1-2H3,(H,18,21). The molecule has 0 saturated heterocycles. The Hall–Kier alpha value is -1.52. The highest BCUT2D eigenvalue weighted by molar-refractivity contribution is 6.38. The largest absolute Gasteiger partial charge is 0.394 e. The lowest BCUT2D eigenvalue weighted by molar-refractivity contribution is 0.0817. The van der Waals surface area contributed by atoms with Crippen molar-refractivity contribution in [1.82, 2.24) is 9.88 Å². The summed E-state index contributed by atoms with van der Waals surface area (Å²) in [5, 5.41) is 13.9. The fourth-order valence-electron chi connectivity index (χ4n) is 2.91. The zero-order chi connectivity index (χ0) is 15.2. The van der Waals surface area contributed by atoms with E-state index in [0.717, 1.165) is 23.7 Å². The van der Waals surface area contributed by atoms with Crippen LogP contribution >= 0.6 is 11.6 Å². The number of aromatic nitrogens is 1. The average molecular weight is 307 g/mol. The zero-order valence-corrected chi connectivity index (χ0v) is 12.9. The molecule has 3 rings (SSSR count). The summed E-state index contributed by atoms with van der Waals surface area (Å²) in [4.78, 5) is 12.6. The fraction of sp³-hybridized carbons (Fsp3) is 0.438. The maximum absolute atomic E-state index is 12.6. The number of carbonyl (C=O) groups is 1. The van der Waals surface area contributed by atoms with Crippen LogP contribution in [0.2, 0.25) is 5.02 Å². The van der Waals surface area contributed by atoms with Gasteiger partial charge >= 0.3 is 0 Å². The molecule has 112 valence electrons. The van der Waals surface area contributed by atoms with Crippen LogP contribution < -0.4 is 5.32 Å². The number of aryl methyl sites for hydroxylation is 1. The molecule has 1 aromatic carbocycles. The molecule has 2 aromatic rings. The number of halogens is 1. The van der Waals surface area contributed by atoms with Gasteiger partial charge in [-0.15, -0.1) is 0 Å². The van der Waals surface area contributed by atoms with Crippen molar-refractivity contribution in [3.05, 3.63) is 35.0 Å². The molecule has 1 aromatic heterocycles. The smallest absolute Gasteiger partial charge is 0.270 e. The number of hydrogen-bond donors (Lipinski definition) is 2. The summed E-state index contributed by atoms with van der Waals surface area (Å²) in [6.45, 7) is 1.82. The van der Waals surface area contributed by atoms with Crippen LogP contribution in [0.3, 0.4) is 0 Å². The molecule has 1 aliphatic carbocycles. The van der Waals surface area contributed by atoms with Gasteiger partial charge in [0.15, 0.2) is 0 Å². The topological polar surface area (TPSA) is 54.3 Å². The van der Waals surface area contributed by atoms with E-state index in [1.54, 1.807) is 4.57 Å².